The molecule has 0 saturated heterocycles. The molecule has 0 aromatic heterocycles. The summed E-state index contributed by atoms with van der Waals surface area (Å²) in [7, 11) is 0. The zero-order valence-corrected chi connectivity index (χ0v) is 29.3. The van der Waals surface area contributed by atoms with Crippen molar-refractivity contribution in [3.8, 4) is 55.6 Å². The highest BCUT2D eigenvalue weighted by atomic mass is 14.2. The Bertz CT molecular complexity index is 2720. The molecular weight excluding hydrogens is 625 g/mol. The van der Waals surface area contributed by atoms with Gasteiger partial charge in [-0.15, -0.1) is 6.58 Å². The van der Waals surface area contributed by atoms with Gasteiger partial charge in [0, 0.05) is 0 Å². The second kappa shape index (κ2) is 13.3. The van der Waals surface area contributed by atoms with Gasteiger partial charge in [0.15, 0.2) is 0 Å². The Labute approximate surface area is 306 Å². The van der Waals surface area contributed by atoms with Crippen molar-refractivity contribution in [2.45, 2.75) is 13.3 Å². The summed E-state index contributed by atoms with van der Waals surface area (Å²) >= 11 is 0. The van der Waals surface area contributed by atoms with Crippen molar-refractivity contribution in [3.05, 3.63) is 206 Å². The third-order valence-electron chi connectivity index (χ3n) is 10.6. The van der Waals surface area contributed by atoms with Gasteiger partial charge in [-0.2, -0.15) is 0 Å². The highest BCUT2D eigenvalue weighted by Gasteiger charge is 2.17. The van der Waals surface area contributed by atoms with Gasteiger partial charge in [-0.1, -0.05) is 176 Å². The second-order valence-corrected chi connectivity index (χ2v) is 13.7. The van der Waals surface area contributed by atoms with E-state index in [4.69, 9.17) is 0 Å². The van der Waals surface area contributed by atoms with Crippen LogP contribution in [-0.4, -0.2) is 0 Å². The average molecular weight is 663 g/mol. The fraction of sp³-hybridized carbons (Fsp3) is 0.0385. The van der Waals surface area contributed by atoms with Crippen LogP contribution in [0.15, 0.2) is 195 Å². The van der Waals surface area contributed by atoms with E-state index in [0.29, 0.717) is 0 Å². The lowest BCUT2D eigenvalue weighted by Gasteiger charge is -2.18. The lowest BCUT2D eigenvalue weighted by molar-refractivity contribution is 1.27. The Balaban J connectivity index is 1.17. The quantitative estimate of drug-likeness (QED) is 0.118. The molecule has 9 aromatic rings. The van der Waals surface area contributed by atoms with Crippen LogP contribution in [0.25, 0.3) is 88.0 Å². The Kier molecular flexibility index (Phi) is 8.07. The molecule has 0 aliphatic rings. The maximum Gasteiger partial charge on any atom is -0.00262 e. The van der Waals surface area contributed by atoms with Crippen LogP contribution in [0.5, 0.6) is 0 Å². The first-order chi connectivity index (χ1) is 25.7. The molecule has 0 aliphatic heterocycles. The van der Waals surface area contributed by atoms with Gasteiger partial charge in [0.25, 0.3) is 0 Å². The molecule has 0 aliphatic carbocycles. The molecule has 0 spiro atoms. The van der Waals surface area contributed by atoms with Crippen molar-refractivity contribution in [1.82, 2.24) is 0 Å². The Morgan fingerprint density at radius 3 is 1.62 bits per heavy atom. The maximum atomic E-state index is 3.99. The van der Waals surface area contributed by atoms with E-state index in [1.54, 1.807) is 0 Å². The number of allylic oxidation sites excluding steroid dienone is 1. The average Bonchev–Trinajstić information content (AvgIpc) is 3.20. The molecule has 0 amide bonds. The number of aryl methyl sites for hydroxylation is 1. The Morgan fingerprint density at radius 2 is 0.904 bits per heavy atom. The molecule has 0 nitrogen and oxygen atoms in total. The molecule has 0 unspecified atom stereocenters. The van der Waals surface area contributed by atoms with Gasteiger partial charge in [0.1, 0.15) is 0 Å². The first kappa shape index (κ1) is 31.5. The van der Waals surface area contributed by atoms with Gasteiger partial charge < -0.3 is 0 Å². The standard InChI is InChI=1S/C52H38/c1-3-14-37-15-4-7-21-44(37)50-34-40(28-27-35(50)2)36-29-31-39(32-30-36)51-46-22-8-10-24-48(46)52(49-25-11-9-23-47(49)51)42-19-12-18-41(33-42)45-26-13-17-38-16-5-6-20-43(38)45/h3-13,15-34H,1,14H2,2H3. The molecule has 0 heterocycles. The van der Waals surface area contributed by atoms with E-state index in [1.807, 2.05) is 6.08 Å². The molecule has 0 heteroatoms. The van der Waals surface area contributed by atoms with Crippen LogP contribution in [-0.2, 0) is 6.42 Å². The molecule has 0 bridgehead atoms. The SMILES string of the molecule is C=CCc1ccccc1-c1cc(-c2ccc(-c3c4ccccc4c(-c4cccc(-c5cccc6ccccc56)c4)c4ccccc34)cc2)ccc1C. The minimum atomic E-state index is 0.852. The van der Waals surface area contributed by atoms with E-state index in [-0.39, 0.29) is 0 Å². The van der Waals surface area contributed by atoms with Crippen LogP contribution in [0.3, 0.4) is 0 Å². The van der Waals surface area contributed by atoms with E-state index < -0.39 is 0 Å². The van der Waals surface area contributed by atoms with Gasteiger partial charge in [0.2, 0.25) is 0 Å². The molecule has 9 aromatic carbocycles. The van der Waals surface area contributed by atoms with Crippen molar-refractivity contribution in [2.75, 3.05) is 0 Å². The fourth-order valence-corrected chi connectivity index (χ4v) is 8.11. The van der Waals surface area contributed by atoms with E-state index >= 15 is 0 Å². The van der Waals surface area contributed by atoms with Crippen molar-refractivity contribution in [1.29, 1.82) is 0 Å². The molecule has 0 fully saturated rings. The second-order valence-electron chi connectivity index (χ2n) is 13.7. The number of hydrogen-bond donors (Lipinski definition) is 0. The third kappa shape index (κ3) is 5.50. The van der Waals surface area contributed by atoms with Gasteiger partial charge in [-0.05, 0) is 125 Å². The van der Waals surface area contributed by atoms with Gasteiger partial charge in [-0.3, -0.25) is 0 Å². The molecule has 52 heavy (non-hydrogen) atoms. The van der Waals surface area contributed by atoms with E-state index in [9.17, 15) is 0 Å². The number of benzene rings is 9. The van der Waals surface area contributed by atoms with Gasteiger partial charge in [-0.25, -0.2) is 0 Å². The third-order valence-corrected chi connectivity index (χ3v) is 10.6. The monoisotopic (exact) mass is 662 g/mol. The first-order valence-corrected chi connectivity index (χ1v) is 18.1. The summed E-state index contributed by atoms with van der Waals surface area (Å²) in [5.74, 6) is 0. The van der Waals surface area contributed by atoms with Crippen LogP contribution >= 0.6 is 0 Å². The Hall–Kier alpha value is -6.50. The van der Waals surface area contributed by atoms with Gasteiger partial charge >= 0.3 is 0 Å². The normalized spacial score (nSPS) is 11.3. The molecule has 246 valence electrons. The van der Waals surface area contributed by atoms with Crippen molar-refractivity contribution in [2.24, 2.45) is 0 Å². The fourth-order valence-electron chi connectivity index (χ4n) is 8.11. The minimum absolute atomic E-state index is 0.852. The molecule has 0 radical (unpaired) electrons. The summed E-state index contributed by atoms with van der Waals surface area (Å²) < 4.78 is 0. The van der Waals surface area contributed by atoms with Crippen LogP contribution in [0.4, 0.5) is 0 Å². The summed E-state index contributed by atoms with van der Waals surface area (Å²) in [6.45, 7) is 6.19. The lowest BCUT2D eigenvalue weighted by atomic mass is 9.85. The van der Waals surface area contributed by atoms with Crippen LogP contribution in [0.1, 0.15) is 11.1 Å². The summed E-state index contributed by atoms with van der Waals surface area (Å²) in [5, 5.41) is 7.57. The van der Waals surface area contributed by atoms with E-state index in [2.05, 4.69) is 195 Å². The summed E-state index contributed by atoms with van der Waals surface area (Å²) in [5.41, 5.74) is 15.0. The van der Waals surface area contributed by atoms with Crippen molar-refractivity contribution in [3.63, 3.8) is 0 Å². The molecule has 9 rings (SSSR count). The smallest absolute Gasteiger partial charge is 0.00262 e. The van der Waals surface area contributed by atoms with Crippen LogP contribution in [0, 0.1) is 6.92 Å². The number of rotatable bonds is 7. The topological polar surface area (TPSA) is 0 Å². The molecule has 0 saturated carbocycles. The molecular formula is C52H38. The maximum absolute atomic E-state index is 3.99. The van der Waals surface area contributed by atoms with E-state index in [1.165, 1.54) is 99.1 Å². The summed E-state index contributed by atoms with van der Waals surface area (Å²) in [6.07, 6.45) is 2.84. The molecule has 0 atom stereocenters. The van der Waals surface area contributed by atoms with Gasteiger partial charge in [0.05, 0.1) is 0 Å². The number of hydrogen-bond acceptors (Lipinski definition) is 0. The summed E-state index contributed by atoms with van der Waals surface area (Å²) in [4.78, 5) is 0. The van der Waals surface area contributed by atoms with Crippen LogP contribution < -0.4 is 0 Å². The number of fused-ring (bicyclic) bond motifs is 3. The molecule has 0 N–H and O–H groups in total. The predicted molar refractivity (Wildman–Crippen MR) is 225 cm³/mol. The van der Waals surface area contributed by atoms with Crippen LogP contribution in [0.2, 0.25) is 0 Å². The first-order valence-electron chi connectivity index (χ1n) is 18.1. The highest BCUT2D eigenvalue weighted by Crippen LogP contribution is 2.45. The van der Waals surface area contributed by atoms with E-state index in [0.717, 1.165) is 6.42 Å². The van der Waals surface area contributed by atoms with Crippen molar-refractivity contribution < 1.29 is 0 Å². The minimum Gasteiger partial charge on any atom is -0.103 e. The largest absolute Gasteiger partial charge is 0.103 e. The zero-order valence-electron chi connectivity index (χ0n) is 29.3. The summed E-state index contributed by atoms with van der Waals surface area (Å²) in [6, 6.07) is 66.9. The highest BCUT2D eigenvalue weighted by molar-refractivity contribution is 6.21. The Morgan fingerprint density at radius 1 is 0.385 bits per heavy atom. The predicted octanol–water partition coefficient (Wildman–Crippen LogP) is 14.5. The lowest BCUT2D eigenvalue weighted by Crippen LogP contribution is -1.92. The zero-order chi connectivity index (χ0) is 35.0. The van der Waals surface area contributed by atoms with Crippen molar-refractivity contribution >= 4 is 32.3 Å².